The first-order valence-corrected chi connectivity index (χ1v) is 8.65. The third-order valence-corrected chi connectivity index (χ3v) is 5.13. The molecule has 1 aromatic rings. The normalized spacial score (nSPS) is 24.2. The van der Waals surface area contributed by atoms with Crippen LogP contribution in [0.15, 0.2) is 12.1 Å². The van der Waals surface area contributed by atoms with Gasteiger partial charge in [-0.2, -0.15) is 0 Å². The van der Waals surface area contributed by atoms with Gasteiger partial charge in [-0.05, 0) is 36.8 Å². The van der Waals surface area contributed by atoms with E-state index in [-0.39, 0.29) is 29.0 Å². The molecule has 138 valence electrons. The van der Waals surface area contributed by atoms with Crippen LogP contribution in [0.1, 0.15) is 41.1 Å². The lowest BCUT2D eigenvalue weighted by Gasteiger charge is -2.22. The average Bonchev–Trinajstić information content (AvgIpc) is 3.44. The Morgan fingerprint density at radius 3 is 2.81 bits per heavy atom. The number of carbonyl (C=O) groups is 2. The second-order valence-corrected chi connectivity index (χ2v) is 6.75. The van der Waals surface area contributed by atoms with Crippen LogP contribution in [0.4, 0.5) is 4.39 Å². The third kappa shape index (κ3) is 3.17. The first kappa shape index (κ1) is 17.3. The maximum Gasteiger partial charge on any atom is 0.526 e. The van der Waals surface area contributed by atoms with Gasteiger partial charge in [0.25, 0.3) is 0 Å². The number of halogens is 1. The van der Waals surface area contributed by atoms with Crippen molar-refractivity contribution in [2.24, 2.45) is 5.92 Å². The maximum absolute atomic E-state index is 14.2. The molecule has 0 amide bonds. The highest BCUT2D eigenvalue weighted by Crippen LogP contribution is 2.60. The average molecular weight is 364 g/mol. The second-order valence-electron chi connectivity index (χ2n) is 6.75. The molecule has 9 heteroatoms. The molecular formula is C17H18BFO7. The van der Waals surface area contributed by atoms with Gasteiger partial charge in [0.2, 0.25) is 6.79 Å². The largest absolute Gasteiger partial charge is 0.535 e. The molecule has 2 heterocycles. The lowest BCUT2D eigenvalue weighted by molar-refractivity contribution is -0.160. The first-order chi connectivity index (χ1) is 12.6. The van der Waals surface area contributed by atoms with Gasteiger partial charge in [-0.1, -0.05) is 6.07 Å². The molecule has 2 unspecified atom stereocenters. The van der Waals surface area contributed by atoms with Gasteiger partial charge in [0.1, 0.15) is 17.1 Å². The molecular weight excluding hydrogens is 346 g/mol. The van der Waals surface area contributed by atoms with Crippen LogP contribution in [0.5, 0.6) is 5.75 Å². The van der Waals surface area contributed by atoms with Crippen LogP contribution in [-0.2, 0) is 19.0 Å². The Hall–Kier alpha value is -2.13. The molecule has 1 aromatic carbocycles. The zero-order valence-electron chi connectivity index (χ0n) is 14.0. The maximum atomic E-state index is 14.2. The summed E-state index contributed by atoms with van der Waals surface area (Å²) < 4.78 is 34.6. The number of rotatable bonds is 4. The SMILES string of the molecule is O=C(OCOC(=O)C1CCOCC1)c1c(F)ccc2c1OB(O)C1CC21. The molecule has 2 fully saturated rings. The Bertz CT molecular complexity index is 734. The predicted octanol–water partition coefficient (Wildman–Crippen LogP) is 1.64. The highest BCUT2D eigenvalue weighted by Gasteiger charge is 2.54. The standard InChI is InChI=1S/C17H18BFO7/c19-13-2-1-10-11-7-12(11)18(22)26-15(10)14(13)17(21)25-8-24-16(20)9-3-5-23-6-4-9/h1-2,9,11-12,22H,3-8H2. The molecule has 1 N–H and O–H groups in total. The minimum absolute atomic E-state index is 0.0111. The molecule has 2 atom stereocenters. The number of fused-ring (bicyclic) bond motifs is 3. The van der Waals surface area contributed by atoms with Crippen LogP contribution >= 0.6 is 0 Å². The molecule has 0 radical (unpaired) electrons. The molecule has 0 aromatic heterocycles. The quantitative estimate of drug-likeness (QED) is 0.493. The van der Waals surface area contributed by atoms with Gasteiger partial charge >= 0.3 is 19.1 Å². The van der Waals surface area contributed by atoms with Crippen molar-refractivity contribution in [3.05, 3.63) is 29.1 Å². The van der Waals surface area contributed by atoms with Crippen molar-refractivity contribution < 1.29 is 37.9 Å². The smallest absolute Gasteiger partial charge is 0.526 e. The molecule has 0 spiro atoms. The van der Waals surface area contributed by atoms with E-state index in [1.54, 1.807) is 6.07 Å². The number of carbonyl (C=O) groups excluding carboxylic acids is 2. The van der Waals surface area contributed by atoms with Gasteiger partial charge in [-0.3, -0.25) is 4.79 Å². The summed E-state index contributed by atoms with van der Waals surface area (Å²) in [5.74, 6) is -2.50. The van der Waals surface area contributed by atoms with E-state index in [4.69, 9.17) is 18.9 Å². The van der Waals surface area contributed by atoms with E-state index in [2.05, 4.69) is 0 Å². The fraction of sp³-hybridized carbons (Fsp3) is 0.529. The van der Waals surface area contributed by atoms with Crippen molar-refractivity contribution in [3.63, 3.8) is 0 Å². The van der Waals surface area contributed by atoms with Crippen LogP contribution in [-0.4, -0.2) is 44.1 Å². The van der Waals surface area contributed by atoms with E-state index in [9.17, 15) is 19.0 Å². The number of esters is 2. The van der Waals surface area contributed by atoms with E-state index in [0.29, 0.717) is 31.6 Å². The van der Waals surface area contributed by atoms with E-state index >= 15 is 0 Å². The topological polar surface area (TPSA) is 91.3 Å². The number of hydrogen-bond acceptors (Lipinski definition) is 7. The van der Waals surface area contributed by atoms with Gasteiger partial charge in [0.05, 0.1) is 5.92 Å². The van der Waals surface area contributed by atoms with E-state index < -0.39 is 31.7 Å². The fourth-order valence-electron chi connectivity index (χ4n) is 3.54. The summed E-state index contributed by atoms with van der Waals surface area (Å²) in [7, 11) is -1.06. The molecule has 2 aliphatic heterocycles. The monoisotopic (exact) mass is 364 g/mol. The van der Waals surface area contributed by atoms with Gasteiger partial charge in [-0.15, -0.1) is 0 Å². The van der Waals surface area contributed by atoms with Crippen molar-refractivity contribution in [1.82, 2.24) is 0 Å². The Balaban J connectivity index is 1.41. The van der Waals surface area contributed by atoms with Gasteiger partial charge in [0, 0.05) is 19.0 Å². The van der Waals surface area contributed by atoms with Gasteiger partial charge < -0.3 is 23.9 Å². The van der Waals surface area contributed by atoms with Gasteiger partial charge in [0.15, 0.2) is 0 Å². The summed E-state index contributed by atoms with van der Waals surface area (Å²) in [4.78, 5) is 24.2. The highest BCUT2D eigenvalue weighted by molar-refractivity contribution is 6.48. The molecule has 26 heavy (non-hydrogen) atoms. The van der Waals surface area contributed by atoms with E-state index in [0.717, 1.165) is 6.42 Å². The lowest BCUT2D eigenvalue weighted by atomic mass is 9.77. The first-order valence-electron chi connectivity index (χ1n) is 8.65. The summed E-state index contributed by atoms with van der Waals surface area (Å²) in [6.45, 7) is 0.373. The van der Waals surface area contributed by atoms with Crippen molar-refractivity contribution in [3.8, 4) is 5.75 Å². The van der Waals surface area contributed by atoms with Crippen LogP contribution in [0.3, 0.4) is 0 Å². The lowest BCUT2D eigenvalue weighted by Crippen LogP contribution is -2.28. The zero-order valence-corrected chi connectivity index (χ0v) is 14.0. The second kappa shape index (κ2) is 6.88. The minimum atomic E-state index is -1.06. The van der Waals surface area contributed by atoms with Crippen molar-refractivity contribution in [2.75, 3.05) is 20.0 Å². The molecule has 1 saturated heterocycles. The zero-order chi connectivity index (χ0) is 18.3. The summed E-state index contributed by atoms with van der Waals surface area (Å²) in [5.41, 5.74) is 0.307. The molecule has 7 nitrogen and oxygen atoms in total. The number of ether oxygens (including phenoxy) is 3. The molecule has 4 rings (SSSR count). The van der Waals surface area contributed by atoms with Crippen LogP contribution < -0.4 is 4.65 Å². The Kier molecular flexibility index (Phi) is 4.58. The van der Waals surface area contributed by atoms with Crippen LogP contribution in [0.2, 0.25) is 5.82 Å². The molecule has 1 saturated carbocycles. The predicted molar refractivity (Wildman–Crippen MR) is 86.0 cm³/mol. The van der Waals surface area contributed by atoms with Crippen LogP contribution in [0.25, 0.3) is 0 Å². The Labute approximate surface area is 149 Å². The number of hydrogen-bond donors (Lipinski definition) is 1. The van der Waals surface area contributed by atoms with E-state index in [1.165, 1.54) is 6.07 Å². The van der Waals surface area contributed by atoms with Gasteiger partial charge in [-0.25, -0.2) is 9.18 Å². The summed E-state index contributed by atoms with van der Waals surface area (Å²) >= 11 is 0. The summed E-state index contributed by atoms with van der Waals surface area (Å²) in [5, 5.41) is 9.88. The fourth-order valence-corrected chi connectivity index (χ4v) is 3.54. The minimum Gasteiger partial charge on any atom is -0.535 e. The van der Waals surface area contributed by atoms with Crippen molar-refractivity contribution >= 4 is 19.1 Å². The summed E-state index contributed by atoms with van der Waals surface area (Å²) in [6, 6.07) is 2.74. The molecule has 1 aliphatic carbocycles. The number of benzene rings is 1. The Morgan fingerprint density at radius 1 is 1.27 bits per heavy atom. The summed E-state index contributed by atoms with van der Waals surface area (Å²) in [6.07, 6.45) is 1.85. The van der Waals surface area contributed by atoms with Crippen LogP contribution in [0, 0.1) is 11.7 Å². The highest BCUT2D eigenvalue weighted by atomic mass is 19.1. The molecule has 3 aliphatic rings. The third-order valence-electron chi connectivity index (χ3n) is 5.13. The van der Waals surface area contributed by atoms with Crippen molar-refractivity contribution in [1.29, 1.82) is 0 Å². The van der Waals surface area contributed by atoms with Crippen molar-refractivity contribution in [2.45, 2.75) is 31.0 Å². The van der Waals surface area contributed by atoms with E-state index in [1.807, 2.05) is 0 Å². The molecule has 0 bridgehead atoms. The Morgan fingerprint density at radius 2 is 2.04 bits per heavy atom.